The number of rotatable bonds is 6. The Kier molecular flexibility index (Phi) is 6.32. The number of hydrogen-bond donors (Lipinski definition) is 3. The molecule has 0 saturated heterocycles. The summed E-state index contributed by atoms with van der Waals surface area (Å²) in [5.74, 6) is -1.75. The first kappa shape index (κ1) is 13.6. The van der Waals surface area contributed by atoms with Gasteiger partial charge in [-0.1, -0.05) is 18.5 Å². The van der Waals surface area contributed by atoms with Gasteiger partial charge in [-0.05, 0) is 6.42 Å². The summed E-state index contributed by atoms with van der Waals surface area (Å²) in [4.78, 5) is 11.3. The van der Waals surface area contributed by atoms with E-state index in [2.05, 4.69) is 5.16 Å². The molecule has 88 valence electrons. The van der Waals surface area contributed by atoms with Crippen LogP contribution in [-0.2, 0) is 4.79 Å². The molecule has 15 heavy (non-hydrogen) atoms. The molecule has 0 rings (SSSR count). The van der Waals surface area contributed by atoms with Crippen molar-refractivity contribution in [2.75, 3.05) is 6.54 Å². The number of nitrogens with two attached hydrogens (primary N) is 1. The largest absolute Gasteiger partial charge is 0.409 e. The second kappa shape index (κ2) is 6.97. The fourth-order valence-electron chi connectivity index (χ4n) is 1.07. The fraction of sp³-hybridized carbons (Fsp3) is 0.750. The van der Waals surface area contributed by atoms with Crippen molar-refractivity contribution in [1.82, 2.24) is 5.32 Å². The average Bonchev–Trinajstić information content (AvgIpc) is 2.21. The number of alkyl halides is 2. The lowest BCUT2D eigenvalue weighted by atomic mass is 10.0. The van der Waals surface area contributed by atoms with Gasteiger partial charge in [0.2, 0.25) is 5.91 Å². The molecule has 5 nitrogen and oxygen atoms in total. The zero-order chi connectivity index (χ0) is 11.8. The lowest BCUT2D eigenvalue weighted by molar-refractivity contribution is -0.123. The van der Waals surface area contributed by atoms with Crippen molar-refractivity contribution < 1.29 is 18.8 Å². The number of carbonyl (C=O) groups excluding carboxylic acids is 1. The third-order valence-corrected chi connectivity index (χ3v) is 1.80. The summed E-state index contributed by atoms with van der Waals surface area (Å²) in [5.41, 5.74) is 5.26. The van der Waals surface area contributed by atoms with E-state index in [-0.39, 0.29) is 5.84 Å². The first-order valence-corrected chi connectivity index (χ1v) is 4.56. The van der Waals surface area contributed by atoms with Gasteiger partial charge < -0.3 is 16.3 Å². The molecule has 0 bridgehead atoms. The van der Waals surface area contributed by atoms with Crippen LogP contribution in [0.1, 0.15) is 19.8 Å². The molecule has 0 saturated carbocycles. The Bertz CT molecular complexity index is 234. The highest BCUT2D eigenvalue weighted by Gasteiger charge is 2.22. The van der Waals surface area contributed by atoms with Crippen molar-refractivity contribution >= 4 is 11.7 Å². The van der Waals surface area contributed by atoms with Gasteiger partial charge in [-0.25, -0.2) is 8.78 Å². The zero-order valence-electron chi connectivity index (χ0n) is 8.41. The van der Waals surface area contributed by atoms with Crippen LogP contribution >= 0.6 is 0 Å². The highest BCUT2D eigenvalue weighted by molar-refractivity contribution is 6.02. The van der Waals surface area contributed by atoms with Crippen LogP contribution in [-0.4, -0.2) is 29.9 Å². The summed E-state index contributed by atoms with van der Waals surface area (Å²) in [5, 5.41) is 13.1. The number of nitrogens with one attached hydrogen (secondary N) is 1. The Morgan fingerprint density at radius 3 is 2.60 bits per heavy atom. The highest BCUT2D eigenvalue weighted by Crippen LogP contribution is 2.07. The summed E-state index contributed by atoms with van der Waals surface area (Å²) in [6.07, 6.45) is -1.63. The van der Waals surface area contributed by atoms with E-state index in [1.807, 2.05) is 5.32 Å². The van der Waals surface area contributed by atoms with Crippen LogP contribution in [0, 0.1) is 5.92 Å². The van der Waals surface area contributed by atoms with Gasteiger partial charge in [-0.15, -0.1) is 0 Å². The highest BCUT2D eigenvalue weighted by atomic mass is 19.3. The molecule has 0 aliphatic heterocycles. The van der Waals surface area contributed by atoms with Gasteiger partial charge in [0.1, 0.15) is 0 Å². The topological polar surface area (TPSA) is 87.7 Å². The van der Waals surface area contributed by atoms with Crippen molar-refractivity contribution in [3.63, 3.8) is 0 Å². The maximum Gasteiger partial charge on any atom is 0.255 e. The number of nitrogens with zero attached hydrogens (tertiary/aromatic N) is 1. The van der Waals surface area contributed by atoms with Crippen LogP contribution in [0.3, 0.4) is 0 Å². The third-order valence-electron chi connectivity index (χ3n) is 1.80. The molecule has 4 N–H and O–H groups in total. The van der Waals surface area contributed by atoms with Crippen LogP contribution in [0.4, 0.5) is 8.78 Å². The van der Waals surface area contributed by atoms with Crippen molar-refractivity contribution in [1.29, 1.82) is 0 Å². The number of amidine groups is 1. The van der Waals surface area contributed by atoms with E-state index >= 15 is 0 Å². The quantitative estimate of drug-likeness (QED) is 0.265. The molecule has 0 aromatic carbocycles. The lowest BCUT2D eigenvalue weighted by Gasteiger charge is -2.14. The van der Waals surface area contributed by atoms with E-state index in [0.29, 0.717) is 12.8 Å². The SMILES string of the molecule is CCCC(C(=O)NCC(F)F)C(N)=NO. The molecule has 0 aliphatic carbocycles. The molecule has 0 radical (unpaired) electrons. The molecule has 0 aromatic heterocycles. The molecule has 0 spiro atoms. The first-order valence-electron chi connectivity index (χ1n) is 4.56. The number of amides is 1. The average molecular weight is 223 g/mol. The second-order valence-corrected chi connectivity index (χ2v) is 3.00. The van der Waals surface area contributed by atoms with E-state index in [9.17, 15) is 13.6 Å². The number of halogens is 2. The summed E-state index contributed by atoms with van der Waals surface area (Å²) < 4.78 is 23.6. The number of oxime groups is 1. The third kappa shape index (κ3) is 5.14. The van der Waals surface area contributed by atoms with E-state index in [1.165, 1.54) is 0 Å². The standard InChI is InChI=1S/C8H15F2N3O2/c1-2-3-5(7(11)13-15)8(14)12-4-6(9)10/h5-6,15H,2-4H2,1H3,(H2,11,13)(H,12,14). The minimum Gasteiger partial charge on any atom is -0.409 e. The van der Waals surface area contributed by atoms with Crippen molar-refractivity contribution in [2.24, 2.45) is 16.8 Å². The van der Waals surface area contributed by atoms with Crippen molar-refractivity contribution in [3.8, 4) is 0 Å². The Hall–Kier alpha value is -1.40. The molecular formula is C8H15F2N3O2. The maximum atomic E-state index is 11.8. The minimum atomic E-state index is -2.61. The molecule has 1 atom stereocenters. The molecule has 0 aliphatic rings. The maximum absolute atomic E-state index is 11.8. The van der Waals surface area contributed by atoms with Crippen molar-refractivity contribution in [2.45, 2.75) is 26.2 Å². The molecular weight excluding hydrogens is 208 g/mol. The number of hydrogen-bond acceptors (Lipinski definition) is 3. The van der Waals surface area contributed by atoms with Crippen LogP contribution in [0.25, 0.3) is 0 Å². The Labute approximate surface area is 86.3 Å². The molecule has 0 fully saturated rings. The summed E-state index contributed by atoms with van der Waals surface area (Å²) in [7, 11) is 0. The van der Waals surface area contributed by atoms with Gasteiger partial charge in [0.05, 0.1) is 12.5 Å². The molecule has 0 heterocycles. The normalized spacial score (nSPS) is 14.0. The number of carbonyl (C=O) groups is 1. The van der Waals surface area contributed by atoms with Gasteiger partial charge in [-0.2, -0.15) is 0 Å². The lowest BCUT2D eigenvalue weighted by Crippen LogP contribution is -2.40. The smallest absolute Gasteiger partial charge is 0.255 e. The molecule has 1 amide bonds. The van der Waals surface area contributed by atoms with Crippen LogP contribution in [0.15, 0.2) is 5.16 Å². The molecule has 1 unspecified atom stereocenters. The van der Waals surface area contributed by atoms with Gasteiger partial charge in [-0.3, -0.25) is 4.79 Å². The van der Waals surface area contributed by atoms with Crippen LogP contribution < -0.4 is 11.1 Å². The summed E-state index contributed by atoms with van der Waals surface area (Å²) >= 11 is 0. The van der Waals surface area contributed by atoms with Gasteiger partial charge >= 0.3 is 0 Å². The Morgan fingerprint density at radius 1 is 1.60 bits per heavy atom. The predicted molar refractivity (Wildman–Crippen MR) is 50.8 cm³/mol. The van der Waals surface area contributed by atoms with Crippen molar-refractivity contribution in [3.05, 3.63) is 0 Å². The zero-order valence-corrected chi connectivity index (χ0v) is 8.41. The monoisotopic (exact) mass is 223 g/mol. The Morgan fingerprint density at radius 2 is 2.20 bits per heavy atom. The Balaban J connectivity index is 4.29. The second-order valence-electron chi connectivity index (χ2n) is 3.00. The van der Waals surface area contributed by atoms with E-state index < -0.39 is 24.8 Å². The molecule has 7 heteroatoms. The fourth-order valence-corrected chi connectivity index (χ4v) is 1.07. The van der Waals surface area contributed by atoms with E-state index in [1.54, 1.807) is 6.92 Å². The first-order chi connectivity index (χ1) is 7.02. The molecule has 0 aromatic rings. The van der Waals surface area contributed by atoms with Crippen LogP contribution in [0.5, 0.6) is 0 Å². The van der Waals surface area contributed by atoms with Gasteiger partial charge in [0.15, 0.2) is 5.84 Å². The van der Waals surface area contributed by atoms with E-state index in [4.69, 9.17) is 10.9 Å². The van der Waals surface area contributed by atoms with Crippen LogP contribution in [0.2, 0.25) is 0 Å². The minimum absolute atomic E-state index is 0.261. The van der Waals surface area contributed by atoms with Gasteiger partial charge in [0, 0.05) is 0 Å². The summed E-state index contributed by atoms with van der Waals surface area (Å²) in [6, 6.07) is 0. The summed E-state index contributed by atoms with van der Waals surface area (Å²) in [6.45, 7) is 1.08. The van der Waals surface area contributed by atoms with Gasteiger partial charge in [0.25, 0.3) is 6.43 Å². The predicted octanol–water partition coefficient (Wildman–Crippen LogP) is 0.530. The van der Waals surface area contributed by atoms with E-state index in [0.717, 1.165) is 0 Å².